The fourth-order valence-corrected chi connectivity index (χ4v) is 1.93. The molecule has 0 saturated heterocycles. The molecule has 112 valence electrons. The maximum absolute atomic E-state index is 12.5. The number of hydrogen-bond donors (Lipinski definition) is 1. The number of nitrogens with zero attached hydrogens (tertiary/aromatic N) is 1. The molecule has 0 unspecified atom stereocenters. The molecule has 0 amide bonds. The van der Waals surface area contributed by atoms with Gasteiger partial charge in [0.2, 0.25) is 0 Å². The minimum atomic E-state index is -2.89. The van der Waals surface area contributed by atoms with Gasteiger partial charge in [0.05, 0.1) is 7.11 Å². The van der Waals surface area contributed by atoms with Crippen molar-refractivity contribution < 1.29 is 18.3 Å². The Balaban J connectivity index is 2.05. The van der Waals surface area contributed by atoms with E-state index in [1.54, 1.807) is 30.6 Å². The average Bonchev–Trinajstić information content (AvgIpc) is 2.49. The second-order valence-corrected chi connectivity index (χ2v) is 4.29. The maximum atomic E-state index is 12.5. The first-order valence-electron chi connectivity index (χ1n) is 6.41. The number of methoxy groups -OCH3 is 1. The van der Waals surface area contributed by atoms with E-state index in [2.05, 4.69) is 15.0 Å². The zero-order chi connectivity index (χ0) is 15.1. The third-order valence-electron chi connectivity index (χ3n) is 2.88. The van der Waals surface area contributed by atoms with Crippen molar-refractivity contribution in [3.8, 4) is 11.5 Å². The van der Waals surface area contributed by atoms with Crippen LogP contribution < -0.4 is 14.8 Å². The Morgan fingerprint density at radius 3 is 2.57 bits per heavy atom. The van der Waals surface area contributed by atoms with Crippen LogP contribution in [0.25, 0.3) is 0 Å². The summed E-state index contributed by atoms with van der Waals surface area (Å²) in [6, 6.07) is 8.81. The quantitative estimate of drug-likeness (QED) is 0.852. The zero-order valence-electron chi connectivity index (χ0n) is 11.6. The first kappa shape index (κ1) is 15.2. The Morgan fingerprint density at radius 1 is 1.14 bits per heavy atom. The largest absolute Gasteiger partial charge is 0.493 e. The Morgan fingerprint density at radius 2 is 1.90 bits per heavy atom. The first-order valence-corrected chi connectivity index (χ1v) is 6.41. The van der Waals surface area contributed by atoms with E-state index < -0.39 is 6.61 Å². The lowest BCUT2D eigenvalue weighted by molar-refractivity contribution is -0.0518. The first-order chi connectivity index (χ1) is 10.2. The van der Waals surface area contributed by atoms with Crippen molar-refractivity contribution in [1.29, 1.82) is 0 Å². The Hall–Kier alpha value is -2.21. The van der Waals surface area contributed by atoms with Crippen LogP contribution in [-0.4, -0.2) is 18.7 Å². The lowest BCUT2D eigenvalue weighted by Crippen LogP contribution is -2.15. The molecule has 1 N–H and O–H groups in total. The van der Waals surface area contributed by atoms with E-state index >= 15 is 0 Å². The number of alkyl halides is 2. The second-order valence-electron chi connectivity index (χ2n) is 4.29. The molecule has 0 radical (unpaired) electrons. The van der Waals surface area contributed by atoms with Gasteiger partial charge in [0.15, 0.2) is 11.5 Å². The fourth-order valence-electron chi connectivity index (χ4n) is 1.93. The van der Waals surface area contributed by atoms with Gasteiger partial charge < -0.3 is 14.8 Å². The van der Waals surface area contributed by atoms with Gasteiger partial charge in [-0.3, -0.25) is 4.98 Å². The highest BCUT2D eigenvalue weighted by Crippen LogP contribution is 2.32. The molecule has 0 fully saturated rings. The molecule has 0 aliphatic carbocycles. The van der Waals surface area contributed by atoms with Crippen molar-refractivity contribution in [3.63, 3.8) is 0 Å². The Labute approximate surface area is 121 Å². The van der Waals surface area contributed by atoms with Crippen LogP contribution in [0.1, 0.15) is 11.1 Å². The monoisotopic (exact) mass is 294 g/mol. The second kappa shape index (κ2) is 7.54. The summed E-state index contributed by atoms with van der Waals surface area (Å²) in [6.07, 6.45) is 3.40. The number of para-hydroxylation sites is 1. The van der Waals surface area contributed by atoms with Crippen molar-refractivity contribution in [1.82, 2.24) is 10.3 Å². The van der Waals surface area contributed by atoms with Gasteiger partial charge in [-0.25, -0.2) is 0 Å². The van der Waals surface area contributed by atoms with Gasteiger partial charge in [-0.05, 0) is 23.8 Å². The molecule has 1 aromatic heterocycles. The molecule has 0 atom stereocenters. The van der Waals surface area contributed by atoms with Crippen LogP contribution in [0.5, 0.6) is 11.5 Å². The summed E-state index contributed by atoms with van der Waals surface area (Å²) in [5.41, 5.74) is 1.67. The molecule has 2 aromatic rings. The summed E-state index contributed by atoms with van der Waals surface area (Å²) in [5, 5.41) is 3.17. The zero-order valence-corrected chi connectivity index (χ0v) is 11.6. The average molecular weight is 294 g/mol. The van der Waals surface area contributed by atoms with Gasteiger partial charge in [0.25, 0.3) is 0 Å². The highest BCUT2D eigenvalue weighted by atomic mass is 19.3. The summed E-state index contributed by atoms with van der Waals surface area (Å²) in [5.74, 6) is 0.357. The van der Waals surface area contributed by atoms with Crippen LogP contribution in [0.3, 0.4) is 0 Å². The highest BCUT2D eigenvalue weighted by molar-refractivity contribution is 5.46. The number of ether oxygens (including phenoxy) is 2. The minimum Gasteiger partial charge on any atom is -0.493 e. The van der Waals surface area contributed by atoms with Crippen LogP contribution in [-0.2, 0) is 13.1 Å². The van der Waals surface area contributed by atoms with Gasteiger partial charge in [-0.2, -0.15) is 8.78 Å². The van der Waals surface area contributed by atoms with E-state index in [0.29, 0.717) is 24.4 Å². The summed E-state index contributed by atoms with van der Waals surface area (Å²) < 4.78 is 34.6. The molecule has 0 saturated carbocycles. The lowest BCUT2D eigenvalue weighted by atomic mass is 10.1. The number of hydrogen-bond acceptors (Lipinski definition) is 4. The molecule has 0 aliphatic heterocycles. The van der Waals surface area contributed by atoms with Gasteiger partial charge in [-0.1, -0.05) is 12.1 Å². The van der Waals surface area contributed by atoms with Crippen molar-refractivity contribution in [2.45, 2.75) is 19.7 Å². The number of benzene rings is 1. The third-order valence-corrected chi connectivity index (χ3v) is 2.88. The SMILES string of the molecule is COc1cccc(CNCc2ccncc2)c1OC(F)F. The third kappa shape index (κ3) is 4.39. The predicted molar refractivity (Wildman–Crippen MR) is 74.4 cm³/mol. The van der Waals surface area contributed by atoms with Crippen LogP contribution in [0, 0.1) is 0 Å². The number of pyridine rings is 1. The molecular formula is C15H16F2N2O2. The smallest absolute Gasteiger partial charge is 0.387 e. The number of halogens is 2. The van der Waals surface area contributed by atoms with E-state index in [0.717, 1.165) is 5.56 Å². The Kier molecular flexibility index (Phi) is 5.45. The summed E-state index contributed by atoms with van der Waals surface area (Å²) in [6.45, 7) is -1.89. The molecule has 21 heavy (non-hydrogen) atoms. The van der Waals surface area contributed by atoms with Crippen LogP contribution in [0.15, 0.2) is 42.7 Å². The molecule has 6 heteroatoms. The van der Waals surface area contributed by atoms with Gasteiger partial charge in [0, 0.05) is 31.0 Å². The van der Waals surface area contributed by atoms with Crippen LogP contribution >= 0.6 is 0 Å². The van der Waals surface area contributed by atoms with Crippen molar-refractivity contribution in [2.75, 3.05) is 7.11 Å². The Bertz CT molecular complexity index is 565. The van der Waals surface area contributed by atoms with Crippen LogP contribution in [0.4, 0.5) is 8.78 Å². The molecule has 0 spiro atoms. The normalized spacial score (nSPS) is 10.7. The predicted octanol–water partition coefficient (Wildman–Crippen LogP) is 2.98. The molecule has 0 aliphatic rings. The molecule has 0 bridgehead atoms. The number of nitrogens with one attached hydrogen (secondary N) is 1. The van der Waals surface area contributed by atoms with E-state index in [1.807, 2.05) is 12.1 Å². The molecule has 4 nitrogen and oxygen atoms in total. The minimum absolute atomic E-state index is 0.0669. The maximum Gasteiger partial charge on any atom is 0.387 e. The van der Waals surface area contributed by atoms with E-state index in [-0.39, 0.29) is 5.75 Å². The molecule has 1 aromatic carbocycles. The van der Waals surface area contributed by atoms with E-state index in [4.69, 9.17) is 4.74 Å². The lowest BCUT2D eigenvalue weighted by Gasteiger charge is -2.14. The number of aromatic nitrogens is 1. The van der Waals surface area contributed by atoms with E-state index in [9.17, 15) is 8.78 Å². The highest BCUT2D eigenvalue weighted by Gasteiger charge is 2.14. The van der Waals surface area contributed by atoms with Gasteiger partial charge >= 0.3 is 6.61 Å². The van der Waals surface area contributed by atoms with Gasteiger partial charge in [0.1, 0.15) is 0 Å². The molecular weight excluding hydrogens is 278 g/mol. The van der Waals surface area contributed by atoms with Crippen molar-refractivity contribution >= 4 is 0 Å². The van der Waals surface area contributed by atoms with E-state index in [1.165, 1.54) is 7.11 Å². The topological polar surface area (TPSA) is 43.4 Å². The summed E-state index contributed by atoms with van der Waals surface area (Å²) in [7, 11) is 1.42. The van der Waals surface area contributed by atoms with Crippen LogP contribution in [0.2, 0.25) is 0 Å². The molecule has 1 heterocycles. The van der Waals surface area contributed by atoms with Gasteiger partial charge in [-0.15, -0.1) is 0 Å². The summed E-state index contributed by atoms with van der Waals surface area (Å²) >= 11 is 0. The fraction of sp³-hybridized carbons (Fsp3) is 0.267. The summed E-state index contributed by atoms with van der Waals surface area (Å²) in [4.78, 5) is 3.93. The molecule has 2 rings (SSSR count). The van der Waals surface area contributed by atoms with Crippen molar-refractivity contribution in [3.05, 3.63) is 53.9 Å². The standard InChI is InChI=1S/C15H16F2N2O2/c1-20-13-4-2-3-12(14(13)21-15(16)17)10-19-9-11-5-7-18-8-6-11/h2-8,15,19H,9-10H2,1H3. The van der Waals surface area contributed by atoms with Crippen molar-refractivity contribution in [2.24, 2.45) is 0 Å². The number of rotatable bonds is 7.